The highest BCUT2D eigenvalue weighted by molar-refractivity contribution is 6.07. The molecule has 2 saturated heterocycles. The van der Waals surface area contributed by atoms with Crippen molar-refractivity contribution in [3.8, 4) is 0 Å². The van der Waals surface area contributed by atoms with Gasteiger partial charge in [0.1, 0.15) is 5.54 Å². The average molecular weight is 413 g/mol. The minimum atomic E-state index is -0.832. The number of rotatable bonds is 8. The predicted octanol–water partition coefficient (Wildman–Crippen LogP) is 2.75. The number of nitrogens with zero attached hydrogens (tertiary/aromatic N) is 3. The van der Waals surface area contributed by atoms with Gasteiger partial charge in [-0.05, 0) is 56.1 Å². The number of hydrogen-bond donors (Lipinski definition) is 1. The van der Waals surface area contributed by atoms with E-state index >= 15 is 0 Å². The number of piperidine rings is 1. The van der Waals surface area contributed by atoms with Crippen molar-refractivity contribution < 1.29 is 14.4 Å². The molecule has 0 spiro atoms. The lowest BCUT2D eigenvalue weighted by molar-refractivity contribution is -0.136. The quantitative estimate of drug-likeness (QED) is 0.666. The molecule has 30 heavy (non-hydrogen) atoms. The van der Waals surface area contributed by atoms with Crippen LogP contribution in [0.5, 0.6) is 0 Å². The number of hydrogen-bond acceptors (Lipinski definition) is 4. The van der Waals surface area contributed by atoms with Gasteiger partial charge in [0.25, 0.3) is 5.91 Å². The molecule has 0 unspecified atom stereocenters. The zero-order valence-corrected chi connectivity index (χ0v) is 17.8. The largest absolute Gasteiger partial charge is 0.343 e. The number of likely N-dealkylation sites (tertiary alicyclic amines) is 1. The molecule has 1 saturated carbocycles. The van der Waals surface area contributed by atoms with E-state index in [1.165, 1.54) is 17.7 Å². The molecule has 162 valence electrons. The Labute approximate surface area is 178 Å². The fourth-order valence-electron chi connectivity index (χ4n) is 4.98. The van der Waals surface area contributed by atoms with Gasteiger partial charge >= 0.3 is 6.03 Å². The molecule has 0 bridgehead atoms. The smallest absolute Gasteiger partial charge is 0.325 e. The van der Waals surface area contributed by atoms with Gasteiger partial charge in [-0.3, -0.25) is 19.5 Å². The number of urea groups is 1. The summed E-state index contributed by atoms with van der Waals surface area (Å²) in [6.45, 7) is 3.75. The summed E-state index contributed by atoms with van der Waals surface area (Å²) < 4.78 is 0. The maximum atomic E-state index is 13.5. The molecule has 3 aliphatic rings. The molecule has 4 amide bonds. The van der Waals surface area contributed by atoms with Crippen molar-refractivity contribution in [1.82, 2.24) is 20.1 Å². The third-order valence-electron chi connectivity index (χ3n) is 6.87. The topological polar surface area (TPSA) is 82.6 Å². The van der Waals surface area contributed by atoms with Crippen molar-refractivity contribution in [1.29, 1.82) is 0 Å². The van der Waals surface area contributed by atoms with E-state index in [0.717, 1.165) is 25.0 Å². The molecule has 1 aromatic heterocycles. The number of carbonyl (C=O) groups excluding carboxylic acids is 3. The summed E-state index contributed by atoms with van der Waals surface area (Å²) >= 11 is 0. The molecule has 1 atom stereocenters. The molecular formula is C23H32N4O3. The van der Waals surface area contributed by atoms with E-state index in [2.05, 4.69) is 10.3 Å². The molecule has 1 aliphatic carbocycles. The number of imide groups is 1. The minimum absolute atomic E-state index is 0.0683. The van der Waals surface area contributed by atoms with Gasteiger partial charge in [-0.2, -0.15) is 0 Å². The lowest BCUT2D eigenvalue weighted by Gasteiger charge is -2.41. The van der Waals surface area contributed by atoms with Crippen LogP contribution in [-0.4, -0.2) is 57.8 Å². The molecule has 0 aromatic carbocycles. The Morgan fingerprint density at radius 3 is 2.60 bits per heavy atom. The van der Waals surface area contributed by atoms with Crippen LogP contribution in [0.25, 0.3) is 0 Å². The Morgan fingerprint density at radius 1 is 1.20 bits per heavy atom. The average Bonchev–Trinajstić information content (AvgIpc) is 3.54. The van der Waals surface area contributed by atoms with Crippen LogP contribution in [0.3, 0.4) is 0 Å². The first-order chi connectivity index (χ1) is 14.5. The van der Waals surface area contributed by atoms with Gasteiger partial charge in [-0.25, -0.2) is 4.79 Å². The first-order valence-electron chi connectivity index (χ1n) is 11.4. The Bertz CT molecular complexity index is 787. The molecule has 4 rings (SSSR count). The monoisotopic (exact) mass is 412 g/mol. The number of pyridine rings is 1. The maximum absolute atomic E-state index is 13.5. The molecule has 1 aromatic rings. The van der Waals surface area contributed by atoms with Crippen LogP contribution in [0, 0.1) is 11.8 Å². The van der Waals surface area contributed by atoms with Crippen LogP contribution in [0.1, 0.15) is 57.6 Å². The number of amides is 4. The molecule has 0 radical (unpaired) electrons. The second-order valence-corrected chi connectivity index (χ2v) is 8.98. The predicted molar refractivity (Wildman–Crippen MR) is 112 cm³/mol. The van der Waals surface area contributed by atoms with E-state index in [4.69, 9.17) is 0 Å². The SMILES string of the molecule is CCC[C@]1(C2CCN(C(=O)CC3CC3)CC2)NC(=O)N(CCc2ccccn2)C1=O. The second-order valence-electron chi connectivity index (χ2n) is 8.98. The molecule has 1 N–H and O–H groups in total. The van der Waals surface area contributed by atoms with E-state index in [0.29, 0.717) is 44.8 Å². The van der Waals surface area contributed by atoms with Crippen molar-refractivity contribution in [3.05, 3.63) is 30.1 Å². The Hall–Kier alpha value is -2.44. The molecular weight excluding hydrogens is 380 g/mol. The summed E-state index contributed by atoms with van der Waals surface area (Å²) in [7, 11) is 0. The van der Waals surface area contributed by atoms with Crippen LogP contribution in [0.15, 0.2) is 24.4 Å². The minimum Gasteiger partial charge on any atom is -0.343 e. The van der Waals surface area contributed by atoms with Crippen molar-refractivity contribution in [2.45, 2.75) is 63.8 Å². The highest BCUT2D eigenvalue weighted by Crippen LogP contribution is 2.38. The zero-order valence-electron chi connectivity index (χ0n) is 17.8. The van der Waals surface area contributed by atoms with Crippen molar-refractivity contribution in [2.24, 2.45) is 11.8 Å². The van der Waals surface area contributed by atoms with Crippen molar-refractivity contribution in [2.75, 3.05) is 19.6 Å². The van der Waals surface area contributed by atoms with Gasteiger partial charge in [0.15, 0.2) is 0 Å². The summed E-state index contributed by atoms with van der Waals surface area (Å²) in [6, 6.07) is 5.38. The number of aromatic nitrogens is 1. The molecule has 7 heteroatoms. The molecule has 7 nitrogen and oxygen atoms in total. The van der Waals surface area contributed by atoms with Gasteiger partial charge in [0.05, 0.1) is 0 Å². The van der Waals surface area contributed by atoms with E-state index in [-0.39, 0.29) is 23.8 Å². The summed E-state index contributed by atoms with van der Waals surface area (Å²) in [5.41, 5.74) is 0.0373. The van der Waals surface area contributed by atoms with Gasteiger partial charge in [-0.1, -0.05) is 19.4 Å². The first kappa shape index (κ1) is 20.8. The fourth-order valence-corrected chi connectivity index (χ4v) is 4.98. The van der Waals surface area contributed by atoms with E-state index in [9.17, 15) is 14.4 Å². The normalized spacial score (nSPS) is 25.0. The first-order valence-corrected chi connectivity index (χ1v) is 11.4. The van der Waals surface area contributed by atoms with E-state index in [1.807, 2.05) is 30.0 Å². The van der Waals surface area contributed by atoms with Gasteiger partial charge in [0.2, 0.25) is 5.91 Å². The van der Waals surface area contributed by atoms with Gasteiger partial charge in [-0.15, -0.1) is 0 Å². The summed E-state index contributed by atoms with van der Waals surface area (Å²) in [6.07, 6.45) is 8.28. The summed E-state index contributed by atoms with van der Waals surface area (Å²) in [5.74, 6) is 0.802. The fraction of sp³-hybridized carbons (Fsp3) is 0.652. The van der Waals surface area contributed by atoms with Crippen molar-refractivity contribution in [3.63, 3.8) is 0 Å². The summed E-state index contributed by atoms with van der Waals surface area (Å²) in [5, 5.41) is 3.07. The third kappa shape index (κ3) is 4.20. The highest BCUT2D eigenvalue weighted by atomic mass is 16.2. The molecule has 3 fully saturated rings. The highest BCUT2D eigenvalue weighted by Gasteiger charge is 2.55. The lowest BCUT2D eigenvalue weighted by Crippen LogP contribution is -2.56. The molecule has 2 aliphatic heterocycles. The van der Waals surface area contributed by atoms with Gasteiger partial charge < -0.3 is 10.2 Å². The van der Waals surface area contributed by atoms with Crippen LogP contribution >= 0.6 is 0 Å². The Balaban J connectivity index is 1.41. The molecule has 3 heterocycles. The van der Waals surface area contributed by atoms with Crippen molar-refractivity contribution >= 4 is 17.8 Å². The summed E-state index contributed by atoms with van der Waals surface area (Å²) in [4.78, 5) is 46.3. The Kier molecular flexibility index (Phi) is 6.06. The van der Waals surface area contributed by atoms with Gasteiger partial charge in [0, 0.05) is 44.4 Å². The van der Waals surface area contributed by atoms with Crippen LogP contribution in [-0.2, 0) is 16.0 Å². The number of carbonyl (C=O) groups is 3. The zero-order chi connectivity index (χ0) is 21.1. The van der Waals surface area contributed by atoms with E-state index in [1.54, 1.807) is 6.20 Å². The van der Waals surface area contributed by atoms with Crippen LogP contribution in [0.2, 0.25) is 0 Å². The third-order valence-corrected chi connectivity index (χ3v) is 6.87. The van der Waals surface area contributed by atoms with E-state index < -0.39 is 5.54 Å². The maximum Gasteiger partial charge on any atom is 0.325 e. The second kappa shape index (κ2) is 8.74. The van der Waals surface area contributed by atoms with Crippen LogP contribution < -0.4 is 5.32 Å². The lowest BCUT2D eigenvalue weighted by atomic mass is 9.74. The Morgan fingerprint density at radius 2 is 1.97 bits per heavy atom. The van der Waals surface area contributed by atoms with Crippen LogP contribution in [0.4, 0.5) is 4.79 Å². The standard InChI is InChI=1S/C23H32N4O3/c1-2-11-23(18-8-13-26(14-9-18)20(28)16-17-6-7-17)21(29)27(22(30)25-23)15-10-19-5-3-4-12-24-19/h3-5,12,17-18H,2,6-11,13-16H2,1H3,(H,25,30)/t23-/m1/s1. The number of nitrogens with one attached hydrogen (secondary N) is 1.